The van der Waals surface area contributed by atoms with Crippen molar-refractivity contribution in [1.29, 1.82) is 5.26 Å². The Hall–Kier alpha value is -1.82. The minimum Gasteiger partial charge on any atom is -0.463 e. The molecule has 0 aromatic heterocycles. The van der Waals surface area contributed by atoms with E-state index in [2.05, 4.69) is 6.07 Å². The molecule has 1 aliphatic rings. The number of rotatable bonds is 2. The van der Waals surface area contributed by atoms with E-state index in [0.29, 0.717) is 0 Å². The van der Waals surface area contributed by atoms with Gasteiger partial charge in [-0.2, -0.15) is 5.26 Å². The molecular formula is C15H17NO2. The first-order valence-corrected chi connectivity index (χ1v) is 6.30. The van der Waals surface area contributed by atoms with E-state index in [-0.39, 0.29) is 12.1 Å². The summed E-state index contributed by atoms with van der Waals surface area (Å²) in [6.07, 6.45) is 3.02. The zero-order valence-corrected chi connectivity index (χ0v) is 10.6. The van der Waals surface area contributed by atoms with Crippen molar-refractivity contribution < 1.29 is 9.53 Å². The van der Waals surface area contributed by atoms with Crippen LogP contribution in [0.2, 0.25) is 0 Å². The Morgan fingerprint density at radius 1 is 1.33 bits per heavy atom. The average molecular weight is 243 g/mol. The first kappa shape index (κ1) is 12.6. The molecule has 0 unspecified atom stereocenters. The van der Waals surface area contributed by atoms with Gasteiger partial charge in [-0.3, -0.25) is 4.79 Å². The summed E-state index contributed by atoms with van der Waals surface area (Å²) in [6, 6.07) is 12.4. The molecule has 1 fully saturated rings. The smallest absolute Gasteiger partial charge is 0.302 e. The number of hydrogen-bond donors (Lipinski definition) is 0. The molecule has 0 spiro atoms. The lowest BCUT2D eigenvalue weighted by Gasteiger charge is -2.34. The van der Waals surface area contributed by atoms with Gasteiger partial charge < -0.3 is 4.74 Å². The van der Waals surface area contributed by atoms with Crippen molar-refractivity contribution in [1.82, 2.24) is 0 Å². The van der Waals surface area contributed by atoms with Crippen LogP contribution >= 0.6 is 0 Å². The van der Waals surface area contributed by atoms with Crippen LogP contribution in [0.5, 0.6) is 0 Å². The van der Waals surface area contributed by atoms with Crippen molar-refractivity contribution in [3.8, 4) is 6.07 Å². The van der Waals surface area contributed by atoms with Gasteiger partial charge in [-0.15, -0.1) is 0 Å². The predicted octanol–water partition coefficient (Wildman–Crippen LogP) is 2.95. The van der Waals surface area contributed by atoms with Gasteiger partial charge in [0.15, 0.2) is 0 Å². The summed E-state index contributed by atoms with van der Waals surface area (Å²) in [5, 5.41) is 9.51. The highest BCUT2D eigenvalue weighted by atomic mass is 16.5. The van der Waals surface area contributed by atoms with Gasteiger partial charge in [0.1, 0.15) is 6.10 Å². The Morgan fingerprint density at radius 2 is 1.94 bits per heavy atom. The molecule has 0 atom stereocenters. The van der Waals surface area contributed by atoms with E-state index < -0.39 is 5.41 Å². The molecular weight excluding hydrogens is 226 g/mol. The van der Waals surface area contributed by atoms with Gasteiger partial charge >= 0.3 is 5.97 Å². The topological polar surface area (TPSA) is 50.1 Å². The summed E-state index contributed by atoms with van der Waals surface area (Å²) in [4.78, 5) is 10.9. The van der Waals surface area contributed by atoms with Crippen LogP contribution < -0.4 is 0 Å². The Balaban J connectivity index is 2.10. The summed E-state index contributed by atoms with van der Waals surface area (Å²) in [6.45, 7) is 1.43. The van der Waals surface area contributed by atoms with Crippen molar-refractivity contribution in [3.05, 3.63) is 35.9 Å². The minimum atomic E-state index is -0.405. The van der Waals surface area contributed by atoms with E-state index in [0.717, 1.165) is 31.2 Å². The molecule has 1 aliphatic carbocycles. The molecule has 0 amide bonds. The zero-order valence-electron chi connectivity index (χ0n) is 10.6. The zero-order chi connectivity index (χ0) is 13.0. The molecule has 0 bridgehead atoms. The van der Waals surface area contributed by atoms with Gasteiger partial charge in [-0.25, -0.2) is 0 Å². The van der Waals surface area contributed by atoms with E-state index in [1.807, 2.05) is 30.3 Å². The molecule has 1 aromatic rings. The third kappa shape index (κ3) is 2.53. The molecule has 0 N–H and O–H groups in total. The number of nitrogens with zero attached hydrogens (tertiary/aromatic N) is 1. The SMILES string of the molecule is CC(=O)O[C@H]1CC[C@](C#N)(c2ccccc2)CC1. The molecule has 3 heteroatoms. The fourth-order valence-corrected chi connectivity index (χ4v) is 2.66. The summed E-state index contributed by atoms with van der Waals surface area (Å²) < 4.78 is 5.22. The quantitative estimate of drug-likeness (QED) is 0.750. The molecule has 18 heavy (non-hydrogen) atoms. The van der Waals surface area contributed by atoms with E-state index in [9.17, 15) is 10.1 Å². The first-order chi connectivity index (χ1) is 8.66. The second-order valence-electron chi connectivity index (χ2n) is 4.87. The van der Waals surface area contributed by atoms with Crippen LogP contribution in [0.25, 0.3) is 0 Å². The van der Waals surface area contributed by atoms with Crippen molar-refractivity contribution in [2.75, 3.05) is 0 Å². The van der Waals surface area contributed by atoms with Crippen LogP contribution in [-0.4, -0.2) is 12.1 Å². The van der Waals surface area contributed by atoms with Crippen LogP contribution in [-0.2, 0) is 14.9 Å². The molecule has 1 saturated carbocycles. The summed E-state index contributed by atoms with van der Waals surface area (Å²) in [5.41, 5.74) is 0.673. The summed E-state index contributed by atoms with van der Waals surface area (Å²) in [7, 11) is 0. The van der Waals surface area contributed by atoms with Gasteiger partial charge in [-0.05, 0) is 31.2 Å². The van der Waals surface area contributed by atoms with Crippen molar-refractivity contribution in [3.63, 3.8) is 0 Å². The standard InChI is InChI=1S/C15H17NO2/c1-12(17)18-14-7-9-15(11-16,10-8-14)13-5-3-2-4-6-13/h2-6,14H,7-10H2,1H3/t14-,15-. The maximum absolute atomic E-state index is 10.9. The van der Waals surface area contributed by atoms with Crippen LogP contribution in [0.4, 0.5) is 0 Å². The molecule has 1 aromatic carbocycles. The maximum atomic E-state index is 10.9. The normalized spacial score (nSPS) is 27.2. The second-order valence-corrected chi connectivity index (χ2v) is 4.87. The van der Waals surface area contributed by atoms with Crippen LogP contribution in [0.1, 0.15) is 38.2 Å². The minimum absolute atomic E-state index is 0.0207. The largest absolute Gasteiger partial charge is 0.463 e. The fraction of sp³-hybridized carbons (Fsp3) is 0.467. The highest BCUT2D eigenvalue weighted by Crippen LogP contribution is 2.39. The number of esters is 1. The molecule has 3 nitrogen and oxygen atoms in total. The van der Waals surface area contributed by atoms with E-state index in [1.165, 1.54) is 6.92 Å². The molecule has 2 rings (SSSR count). The first-order valence-electron chi connectivity index (χ1n) is 6.30. The van der Waals surface area contributed by atoms with Gasteiger partial charge in [0.25, 0.3) is 0 Å². The van der Waals surface area contributed by atoms with Crippen molar-refractivity contribution in [2.24, 2.45) is 0 Å². The lowest BCUT2D eigenvalue weighted by atomic mass is 9.70. The molecule has 0 radical (unpaired) electrons. The van der Waals surface area contributed by atoms with Crippen LogP contribution in [0.15, 0.2) is 30.3 Å². The Labute approximate surface area is 107 Å². The molecule has 0 aliphatic heterocycles. The van der Waals surface area contributed by atoms with Crippen molar-refractivity contribution >= 4 is 5.97 Å². The van der Waals surface area contributed by atoms with Crippen LogP contribution in [0, 0.1) is 11.3 Å². The van der Waals surface area contributed by atoms with Gasteiger partial charge in [-0.1, -0.05) is 30.3 Å². The highest BCUT2D eigenvalue weighted by molar-refractivity contribution is 5.66. The number of carbonyl (C=O) groups excluding carboxylic acids is 1. The summed E-state index contributed by atoms with van der Waals surface area (Å²) in [5.74, 6) is -0.232. The second kappa shape index (κ2) is 5.22. The maximum Gasteiger partial charge on any atom is 0.302 e. The predicted molar refractivity (Wildman–Crippen MR) is 67.8 cm³/mol. The Kier molecular flexibility index (Phi) is 3.66. The Morgan fingerprint density at radius 3 is 2.44 bits per heavy atom. The van der Waals surface area contributed by atoms with E-state index >= 15 is 0 Å². The van der Waals surface area contributed by atoms with Crippen LogP contribution in [0.3, 0.4) is 0 Å². The number of nitriles is 1. The van der Waals surface area contributed by atoms with E-state index in [4.69, 9.17) is 4.74 Å². The highest BCUT2D eigenvalue weighted by Gasteiger charge is 2.37. The summed E-state index contributed by atoms with van der Waals surface area (Å²) >= 11 is 0. The third-order valence-corrected chi connectivity index (χ3v) is 3.66. The number of carbonyl (C=O) groups is 1. The number of ether oxygens (including phenoxy) is 1. The Bertz CT molecular complexity index is 453. The van der Waals surface area contributed by atoms with Gasteiger partial charge in [0.2, 0.25) is 0 Å². The lowest BCUT2D eigenvalue weighted by molar-refractivity contribution is -0.148. The average Bonchev–Trinajstić information content (AvgIpc) is 2.40. The lowest BCUT2D eigenvalue weighted by Crippen LogP contribution is -2.34. The molecule has 0 heterocycles. The third-order valence-electron chi connectivity index (χ3n) is 3.66. The van der Waals surface area contributed by atoms with E-state index in [1.54, 1.807) is 0 Å². The van der Waals surface area contributed by atoms with Gasteiger partial charge in [0, 0.05) is 6.92 Å². The van der Waals surface area contributed by atoms with Crippen molar-refractivity contribution in [2.45, 2.75) is 44.1 Å². The number of hydrogen-bond acceptors (Lipinski definition) is 3. The number of benzene rings is 1. The monoisotopic (exact) mass is 243 g/mol. The molecule has 94 valence electrons. The molecule has 0 saturated heterocycles. The fourth-order valence-electron chi connectivity index (χ4n) is 2.66. The van der Waals surface area contributed by atoms with Gasteiger partial charge in [0.05, 0.1) is 11.5 Å².